The number of nitrogens with zero attached hydrogens (tertiary/aromatic N) is 3. The van der Waals surface area contributed by atoms with Crippen molar-refractivity contribution in [3.05, 3.63) is 64.8 Å². The molecule has 0 atom stereocenters. The maximum absolute atomic E-state index is 11.4. The third kappa shape index (κ3) is 2.58. The molecule has 1 N–H and O–H groups in total. The van der Waals surface area contributed by atoms with Gasteiger partial charge >= 0.3 is 5.97 Å². The number of carboxylic acid groups (broad SMARTS) is 1. The molecule has 6 heteroatoms. The van der Waals surface area contributed by atoms with Crippen molar-refractivity contribution in [3.63, 3.8) is 0 Å². The highest BCUT2D eigenvalue weighted by Gasteiger charge is 2.21. The highest BCUT2D eigenvalue weighted by Crippen LogP contribution is 2.26. The van der Waals surface area contributed by atoms with Crippen molar-refractivity contribution in [2.75, 3.05) is 0 Å². The third-order valence-electron chi connectivity index (χ3n) is 3.27. The van der Waals surface area contributed by atoms with Crippen molar-refractivity contribution >= 4 is 17.6 Å². The molecule has 0 radical (unpaired) electrons. The fraction of sp³-hybridized carbons (Fsp3) is 0.0625. The van der Waals surface area contributed by atoms with Crippen LogP contribution in [0.5, 0.6) is 0 Å². The molecule has 1 aromatic heterocycles. The van der Waals surface area contributed by atoms with E-state index >= 15 is 0 Å². The van der Waals surface area contributed by atoms with Gasteiger partial charge in [-0.25, -0.2) is 9.48 Å². The molecule has 5 nitrogen and oxygen atoms in total. The van der Waals surface area contributed by atoms with E-state index in [-0.39, 0.29) is 5.69 Å². The average Bonchev–Trinajstić information content (AvgIpc) is 2.94. The van der Waals surface area contributed by atoms with E-state index in [9.17, 15) is 9.90 Å². The van der Waals surface area contributed by atoms with Gasteiger partial charge in [-0.2, -0.15) is 0 Å². The van der Waals surface area contributed by atoms with E-state index < -0.39 is 5.97 Å². The molecule has 1 heterocycles. The lowest BCUT2D eigenvalue weighted by atomic mass is 10.1. The monoisotopic (exact) mass is 313 g/mol. The molecule has 3 rings (SSSR count). The molecule has 0 aliphatic carbocycles. The molecular formula is C16H12ClN3O2. The second kappa shape index (κ2) is 5.61. The van der Waals surface area contributed by atoms with Crippen LogP contribution in [0.1, 0.15) is 16.1 Å². The minimum atomic E-state index is -1.12. The molecule has 110 valence electrons. The fourth-order valence-corrected chi connectivity index (χ4v) is 2.29. The number of halogens is 1. The van der Waals surface area contributed by atoms with Crippen LogP contribution in [0.4, 0.5) is 0 Å². The highest BCUT2D eigenvalue weighted by atomic mass is 35.5. The van der Waals surface area contributed by atoms with Crippen LogP contribution in [0, 0.1) is 6.92 Å². The van der Waals surface area contributed by atoms with Gasteiger partial charge < -0.3 is 5.11 Å². The maximum atomic E-state index is 11.4. The largest absolute Gasteiger partial charge is 0.476 e. The third-order valence-corrected chi connectivity index (χ3v) is 3.52. The Bertz CT molecular complexity index is 824. The molecule has 0 saturated carbocycles. The summed E-state index contributed by atoms with van der Waals surface area (Å²) in [6.45, 7) is 1.98. The van der Waals surface area contributed by atoms with Gasteiger partial charge in [0.2, 0.25) is 0 Å². The van der Waals surface area contributed by atoms with E-state index in [1.165, 1.54) is 4.68 Å². The van der Waals surface area contributed by atoms with Gasteiger partial charge in [-0.05, 0) is 31.2 Å². The fourth-order valence-electron chi connectivity index (χ4n) is 2.16. The first-order valence-corrected chi connectivity index (χ1v) is 6.96. The minimum absolute atomic E-state index is 0.0945. The van der Waals surface area contributed by atoms with Crippen LogP contribution in [0.3, 0.4) is 0 Å². The molecule has 0 spiro atoms. The van der Waals surface area contributed by atoms with Crippen LogP contribution in [-0.4, -0.2) is 26.1 Å². The molecule has 0 aliphatic rings. The smallest absolute Gasteiger partial charge is 0.358 e. The Morgan fingerprint density at radius 3 is 2.32 bits per heavy atom. The van der Waals surface area contributed by atoms with E-state index in [1.807, 2.05) is 31.2 Å². The number of hydrogen-bond acceptors (Lipinski definition) is 3. The van der Waals surface area contributed by atoms with Gasteiger partial charge in [0.15, 0.2) is 5.69 Å². The van der Waals surface area contributed by atoms with Crippen LogP contribution in [0.15, 0.2) is 48.5 Å². The first-order valence-electron chi connectivity index (χ1n) is 6.58. The Kier molecular flexibility index (Phi) is 3.65. The second-order valence-electron chi connectivity index (χ2n) is 4.85. The van der Waals surface area contributed by atoms with Crippen LogP contribution < -0.4 is 0 Å². The molecule has 0 saturated heterocycles. The van der Waals surface area contributed by atoms with Crippen molar-refractivity contribution < 1.29 is 9.90 Å². The quantitative estimate of drug-likeness (QED) is 0.802. The summed E-state index contributed by atoms with van der Waals surface area (Å²) in [5, 5.41) is 17.7. The van der Waals surface area contributed by atoms with Gasteiger partial charge in [-0.3, -0.25) is 0 Å². The topological polar surface area (TPSA) is 68.0 Å². The van der Waals surface area contributed by atoms with Gasteiger partial charge in [0.05, 0.1) is 5.69 Å². The predicted octanol–water partition coefficient (Wildman–Crippen LogP) is 3.59. The molecule has 22 heavy (non-hydrogen) atoms. The number of carbonyl (C=O) groups is 1. The number of rotatable bonds is 3. The Labute approximate surface area is 131 Å². The van der Waals surface area contributed by atoms with Gasteiger partial charge in [0.25, 0.3) is 0 Å². The minimum Gasteiger partial charge on any atom is -0.476 e. The summed E-state index contributed by atoms with van der Waals surface area (Å²) in [7, 11) is 0. The second-order valence-corrected chi connectivity index (χ2v) is 5.28. The zero-order valence-corrected chi connectivity index (χ0v) is 12.4. The number of aromatic carboxylic acids is 1. The number of benzene rings is 2. The average molecular weight is 314 g/mol. The summed E-state index contributed by atoms with van der Waals surface area (Å²) < 4.78 is 1.52. The van der Waals surface area contributed by atoms with E-state index in [2.05, 4.69) is 10.3 Å². The Morgan fingerprint density at radius 1 is 1.09 bits per heavy atom. The lowest BCUT2D eigenvalue weighted by Gasteiger charge is -2.08. The van der Waals surface area contributed by atoms with E-state index in [0.717, 1.165) is 11.3 Å². The SMILES string of the molecule is Cc1ccc(-n2nnc(C(=O)O)c2-c2ccc(Cl)cc2)cc1. The van der Waals surface area contributed by atoms with Crippen LogP contribution in [-0.2, 0) is 0 Å². The van der Waals surface area contributed by atoms with Gasteiger partial charge in [0.1, 0.15) is 5.69 Å². The summed E-state index contributed by atoms with van der Waals surface area (Å²) in [6, 6.07) is 14.5. The summed E-state index contributed by atoms with van der Waals surface area (Å²) in [6.07, 6.45) is 0. The van der Waals surface area contributed by atoms with Crippen molar-refractivity contribution in [2.24, 2.45) is 0 Å². The lowest BCUT2D eigenvalue weighted by Crippen LogP contribution is -2.03. The number of carboxylic acids is 1. The first kappa shape index (κ1) is 14.3. The van der Waals surface area contributed by atoms with Crippen molar-refractivity contribution in [1.29, 1.82) is 0 Å². The van der Waals surface area contributed by atoms with Crippen LogP contribution in [0.2, 0.25) is 5.02 Å². The van der Waals surface area contributed by atoms with Crippen molar-refractivity contribution in [1.82, 2.24) is 15.0 Å². The lowest BCUT2D eigenvalue weighted by molar-refractivity contribution is 0.0691. The highest BCUT2D eigenvalue weighted by molar-refractivity contribution is 6.30. The van der Waals surface area contributed by atoms with Gasteiger partial charge in [-0.1, -0.05) is 46.6 Å². The molecule has 0 amide bonds. The Morgan fingerprint density at radius 2 is 1.73 bits per heavy atom. The zero-order valence-electron chi connectivity index (χ0n) is 11.7. The first-order chi connectivity index (χ1) is 10.6. The Hall–Kier alpha value is -2.66. The van der Waals surface area contributed by atoms with Crippen LogP contribution in [0.25, 0.3) is 16.9 Å². The number of aryl methyl sites for hydroxylation is 1. The van der Waals surface area contributed by atoms with Gasteiger partial charge in [-0.15, -0.1) is 5.10 Å². The van der Waals surface area contributed by atoms with Gasteiger partial charge in [0, 0.05) is 10.6 Å². The summed E-state index contributed by atoms with van der Waals surface area (Å²) in [5.41, 5.74) is 2.87. The molecule has 0 fully saturated rings. The molecule has 0 bridgehead atoms. The molecule has 0 aliphatic heterocycles. The van der Waals surface area contributed by atoms with Crippen molar-refractivity contribution in [3.8, 4) is 16.9 Å². The van der Waals surface area contributed by atoms with E-state index in [4.69, 9.17) is 11.6 Å². The molecular weight excluding hydrogens is 302 g/mol. The summed E-state index contributed by atoms with van der Waals surface area (Å²) in [5.74, 6) is -1.12. The summed E-state index contributed by atoms with van der Waals surface area (Å²) in [4.78, 5) is 11.4. The predicted molar refractivity (Wildman–Crippen MR) is 83.5 cm³/mol. The summed E-state index contributed by atoms with van der Waals surface area (Å²) >= 11 is 5.90. The van der Waals surface area contributed by atoms with Crippen molar-refractivity contribution in [2.45, 2.75) is 6.92 Å². The maximum Gasteiger partial charge on any atom is 0.358 e. The van der Waals surface area contributed by atoms with E-state index in [1.54, 1.807) is 24.3 Å². The zero-order chi connectivity index (χ0) is 15.7. The standard InChI is InChI=1S/C16H12ClN3O2/c1-10-2-8-13(9-3-10)20-15(14(16(21)22)18-19-20)11-4-6-12(17)7-5-11/h2-9H,1H3,(H,21,22). The molecule has 2 aromatic carbocycles. The number of hydrogen-bond donors (Lipinski definition) is 1. The Balaban J connectivity index is 2.21. The van der Waals surface area contributed by atoms with E-state index in [0.29, 0.717) is 16.3 Å². The molecule has 0 unspecified atom stereocenters. The van der Waals surface area contributed by atoms with Crippen LogP contribution >= 0.6 is 11.6 Å². The normalized spacial score (nSPS) is 10.6. The molecule has 3 aromatic rings. The number of aromatic nitrogens is 3.